The summed E-state index contributed by atoms with van der Waals surface area (Å²) in [6.07, 6.45) is 0. The number of nitrogens with zero attached hydrogens (tertiary/aromatic N) is 1. The van der Waals surface area contributed by atoms with E-state index in [1.165, 1.54) is 0 Å². The molecule has 0 spiro atoms. The van der Waals surface area contributed by atoms with Crippen molar-refractivity contribution in [2.24, 2.45) is 0 Å². The third-order valence-electron chi connectivity index (χ3n) is 4.04. The van der Waals surface area contributed by atoms with Gasteiger partial charge in [0.15, 0.2) is 0 Å². The Morgan fingerprint density at radius 3 is 2.29 bits per heavy atom. The van der Waals surface area contributed by atoms with Crippen LogP contribution in [0.5, 0.6) is 0 Å². The zero-order chi connectivity index (χ0) is 16.4. The lowest BCUT2D eigenvalue weighted by Gasteiger charge is -2.30. The van der Waals surface area contributed by atoms with E-state index < -0.39 is 0 Å². The number of fused-ring (bicyclic) bond motifs is 1. The molecule has 0 saturated carbocycles. The monoisotopic (exact) mass is 315 g/mol. The number of rotatable bonds is 3. The Bertz CT molecular complexity index is 863. The second-order valence-electron chi connectivity index (χ2n) is 5.66. The van der Waals surface area contributed by atoms with E-state index in [0.29, 0.717) is 6.54 Å². The fraction of sp³-hybridized carbons (Fsp3) is 0.0500. The minimum absolute atomic E-state index is 0.106. The lowest BCUT2D eigenvalue weighted by Crippen LogP contribution is -2.41. The van der Waals surface area contributed by atoms with Crippen molar-refractivity contribution in [3.63, 3.8) is 0 Å². The second-order valence-corrected chi connectivity index (χ2v) is 5.66. The maximum absolute atomic E-state index is 12.4. The first kappa shape index (κ1) is 14.3. The summed E-state index contributed by atoms with van der Waals surface area (Å²) in [5, 5.41) is 6.31. The van der Waals surface area contributed by atoms with Crippen LogP contribution in [0.4, 0.5) is 27.5 Å². The highest BCUT2D eigenvalue weighted by Crippen LogP contribution is 2.34. The Morgan fingerprint density at radius 2 is 1.54 bits per heavy atom. The smallest absolute Gasteiger partial charge is 0.326 e. The molecule has 0 radical (unpaired) electrons. The van der Waals surface area contributed by atoms with E-state index in [9.17, 15) is 4.79 Å². The SMILES string of the molecule is O=C1NCc2ccc(Nc3ccccc3)cc2N1c1ccccc1. The topological polar surface area (TPSA) is 44.4 Å². The standard InChI is InChI=1S/C20H17N3O/c24-20-21-14-15-11-12-17(22-16-7-3-1-4-8-16)13-19(15)23(20)18-9-5-2-6-10-18/h1-13,22H,14H2,(H,21,24). The molecule has 4 rings (SSSR count). The first-order valence-electron chi connectivity index (χ1n) is 7.89. The van der Waals surface area contributed by atoms with Crippen molar-refractivity contribution in [3.8, 4) is 0 Å². The fourth-order valence-corrected chi connectivity index (χ4v) is 2.88. The highest BCUT2D eigenvalue weighted by Gasteiger charge is 2.25. The van der Waals surface area contributed by atoms with Crippen molar-refractivity contribution in [2.75, 3.05) is 10.2 Å². The van der Waals surface area contributed by atoms with Gasteiger partial charge in [0.05, 0.1) is 11.4 Å². The molecule has 118 valence electrons. The summed E-state index contributed by atoms with van der Waals surface area (Å²) in [5.74, 6) is 0. The van der Waals surface area contributed by atoms with E-state index in [1.54, 1.807) is 4.90 Å². The molecule has 4 heteroatoms. The molecule has 0 bridgehead atoms. The van der Waals surface area contributed by atoms with E-state index in [0.717, 1.165) is 28.3 Å². The molecule has 2 amide bonds. The third kappa shape index (κ3) is 2.70. The molecular weight excluding hydrogens is 298 g/mol. The van der Waals surface area contributed by atoms with Crippen molar-refractivity contribution in [1.29, 1.82) is 0 Å². The van der Waals surface area contributed by atoms with E-state index >= 15 is 0 Å². The average molecular weight is 315 g/mol. The molecular formula is C20H17N3O. The predicted octanol–water partition coefficient (Wildman–Crippen LogP) is 4.79. The number of carbonyl (C=O) groups is 1. The normalized spacial score (nSPS) is 13.2. The molecule has 0 unspecified atom stereocenters. The Balaban J connectivity index is 1.73. The largest absolute Gasteiger partial charge is 0.355 e. The van der Waals surface area contributed by atoms with E-state index in [2.05, 4.69) is 16.7 Å². The van der Waals surface area contributed by atoms with Gasteiger partial charge in [-0.05, 0) is 42.0 Å². The van der Waals surface area contributed by atoms with Crippen molar-refractivity contribution in [3.05, 3.63) is 84.4 Å². The first-order chi connectivity index (χ1) is 11.8. The zero-order valence-corrected chi connectivity index (χ0v) is 13.1. The minimum atomic E-state index is -0.106. The molecule has 24 heavy (non-hydrogen) atoms. The molecule has 3 aromatic carbocycles. The van der Waals surface area contributed by atoms with Crippen LogP contribution in [0.3, 0.4) is 0 Å². The minimum Gasteiger partial charge on any atom is -0.355 e. The van der Waals surface area contributed by atoms with Crippen LogP contribution in [0.15, 0.2) is 78.9 Å². The van der Waals surface area contributed by atoms with Crippen LogP contribution in [0.1, 0.15) is 5.56 Å². The number of benzene rings is 3. The van der Waals surface area contributed by atoms with E-state index in [-0.39, 0.29) is 6.03 Å². The number of para-hydroxylation sites is 2. The molecule has 3 aromatic rings. The van der Waals surface area contributed by atoms with Gasteiger partial charge in [-0.1, -0.05) is 42.5 Å². The summed E-state index contributed by atoms with van der Waals surface area (Å²) in [6, 6.07) is 25.7. The van der Waals surface area contributed by atoms with Gasteiger partial charge in [-0.3, -0.25) is 4.90 Å². The number of hydrogen-bond acceptors (Lipinski definition) is 2. The van der Waals surface area contributed by atoms with Gasteiger partial charge in [-0.15, -0.1) is 0 Å². The summed E-state index contributed by atoms with van der Waals surface area (Å²) in [5.41, 5.74) is 4.83. The van der Waals surface area contributed by atoms with Gasteiger partial charge < -0.3 is 10.6 Å². The molecule has 0 fully saturated rings. The number of carbonyl (C=O) groups excluding carboxylic acids is 1. The molecule has 0 aliphatic carbocycles. The number of hydrogen-bond donors (Lipinski definition) is 2. The highest BCUT2D eigenvalue weighted by atomic mass is 16.2. The van der Waals surface area contributed by atoms with Gasteiger partial charge in [-0.25, -0.2) is 4.79 Å². The lowest BCUT2D eigenvalue weighted by molar-refractivity contribution is 0.247. The summed E-state index contributed by atoms with van der Waals surface area (Å²) in [6.45, 7) is 0.545. The first-order valence-corrected chi connectivity index (χ1v) is 7.89. The molecule has 4 nitrogen and oxygen atoms in total. The molecule has 1 aliphatic heterocycles. The third-order valence-corrected chi connectivity index (χ3v) is 4.04. The van der Waals surface area contributed by atoms with Crippen molar-refractivity contribution >= 4 is 28.8 Å². The van der Waals surface area contributed by atoms with Crippen LogP contribution < -0.4 is 15.5 Å². The quantitative estimate of drug-likeness (QED) is 0.730. The summed E-state index contributed by atoms with van der Waals surface area (Å²) >= 11 is 0. The molecule has 0 atom stereocenters. The van der Waals surface area contributed by atoms with Crippen LogP contribution in [-0.2, 0) is 6.54 Å². The summed E-state index contributed by atoms with van der Waals surface area (Å²) in [4.78, 5) is 14.1. The second kappa shape index (κ2) is 6.08. The van der Waals surface area contributed by atoms with E-state index in [1.807, 2.05) is 72.8 Å². The highest BCUT2D eigenvalue weighted by molar-refractivity contribution is 6.02. The maximum atomic E-state index is 12.4. The van der Waals surface area contributed by atoms with Gasteiger partial charge in [0.2, 0.25) is 0 Å². The molecule has 2 N–H and O–H groups in total. The van der Waals surface area contributed by atoms with Gasteiger partial charge in [-0.2, -0.15) is 0 Å². The van der Waals surface area contributed by atoms with E-state index in [4.69, 9.17) is 0 Å². The Kier molecular flexibility index (Phi) is 3.63. The molecule has 0 aromatic heterocycles. The predicted molar refractivity (Wildman–Crippen MR) is 97.0 cm³/mol. The van der Waals surface area contributed by atoms with Crippen molar-refractivity contribution < 1.29 is 4.79 Å². The number of urea groups is 1. The molecule has 1 heterocycles. The van der Waals surface area contributed by atoms with Gasteiger partial charge in [0.25, 0.3) is 0 Å². The lowest BCUT2D eigenvalue weighted by atomic mass is 10.1. The number of anilines is 4. The van der Waals surface area contributed by atoms with Crippen LogP contribution in [0.25, 0.3) is 0 Å². The van der Waals surface area contributed by atoms with Gasteiger partial charge in [0, 0.05) is 17.9 Å². The van der Waals surface area contributed by atoms with Gasteiger partial charge >= 0.3 is 6.03 Å². The Morgan fingerprint density at radius 1 is 0.833 bits per heavy atom. The fourth-order valence-electron chi connectivity index (χ4n) is 2.88. The number of nitrogens with one attached hydrogen (secondary N) is 2. The summed E-state index contributed by atoms with van der Waals surface area (Å²) < 4.78 is 0. The van der Waals surface area contributed by atoms with Crippen LogP contribution >= 0.6 is 0 Å². The van der Waals surface area contributed by atoms with Crippen LogP contribution in [-0.4, -0.2) is 6.03 Å². The summed E-state index contributed by atoms with van der Waals surface area (Å²) in [7, 11) is 0. The van der Waals surface area contributed by atoms with Crippen molar-refractivity contribution in [2.45, 2.75) is 6.54 Å². The van der Waals surface area contributed by atoms with Gasteiger partial charge in [0.1, 0.15) is 0 Å². The zero-order valence-electron chi connectivity index (χ0n) is 13.1. The average Bonchev–Trinajstić information content (AvgIpc) is 2.63. The Labute approximate surface area is 140 Å². The Hall–Kier alpha value is -3.27. The van der Waals surface area contributed by atoms with Crippen molar-refractivity contribution in [1.82, 2.24) is 5.32 Å². The molecule has 0 saturated heterocycles. The maximum Gasteiger partial charge on any atom is 0.326 e. The van der Waals surface area contributed by atoms with Crippen LogP contribution in [0, 0.1) is 0 Å². The number of amides is 2. The molecule has 1 aliphatic rings. The van der Waals surface area contributed by atoms with Crippen LogP contribution in [0.2, 0.25) is 0 Å².